The summed E-state index contributed by atoms with van der Waals surface area (Å²) in [7, 11) is 0. The van der Waals surface area contributed by atoms with Gasteiger partial charge in [0.1, 0.15) is 11.4 Å². The third kappa shape index (κ3) is 2.72. The molecule has 1 amide bonds. The van der Waals surface area contributed by atoms with Crippen molar-refractivity contribution >= 4 is 5.91 Å². The van der Waals surface area contributed by atoms with E-state index >= 15 is 0 Å². The number of aryl methyl sites for hydroxylation is 1. The Bertz CT molecular complexity index is 613. The van der Waals surface area contributed by atoms with Gasteiger partial charge in [0.15, 0.2) is 0 Å². The van der Waals surface area contributed by atoms with Crippen molar-refractivity contribution in [1.29, 1.82) is 0 Å². The molecular weight excluding hydrogens is 270 g/mol. The van der Waals surface area contributed by atoms with E-state index in [1.807, 2.05) is 0 Å². The third-order valence-corrected chi connectivity index (χ3v) is 4.55. The lowest BCUT2D eigenvalue weighted by Crippen LogP contribution is -2.50. The maximum absolute atomic E-state index is 12.4. The monoisotopic (exact) mass is 291 g/mol. The highest BCUT2D eigenvalue weighted by molar-refractivity contribution is 5.95. The van der Waals surface area contributed by atoms with Crippen molar-refractivity contribution in [3.63, 3.8) is 0 Å². The number of hydrogen-bond acceptors (Lipinski definition) is 4. The number of carbonyl (C=O) groups excluding carboxylic acids is 1. The van der Waals surface area contributed by atoms with Crippen molar-refractivity contribution in [3.8, 4) is 0 Å². The lowest BCUT2D eigenvalue weighted by molar-refractivity contribution is 0.0835. The molecular formula is C15H21N3O3. The number of carbonyl (C=O) groups is 1. The minimum absolute atomic E-state index is 0.0686. The van der Waals surface area contributed by atoms with Crippen molar-refractivity contribution in [2.75, 3.05) is 6.61 Å². The van der Waals surface area contributed by atoms with E-state index in [1.165, 1.54) is 0 Å². The van der Waals surface area contributed by atoms with E-state index in [2.05, 4.69) is 15.3 Å². The maximum atomic E-state index is 12.4. The van der Waals surface area contributed by atoms with Crippen LogP contribution >= 0.6 is 0 Å². The molecule has 0 radical (unpaired) electrons. The molecule has 0 saturated heterocycles. The van der Waals surface area contributed by atoms with Gasteiger partial charge in [0.25, 0.3) is 11.5 Å². The minimum atomic E-state index is -0.578. The lowest BCUT2D eigenvalue weighted by Gasteiger charge is -2.28. The minimum Gasteiger partial charge on any atom is -0.394 e. The molecule has 0 atom stereocenters. The predicted molar refractivity (Wildman–Crippen MR) is 77.3 cm³/mol. The first-order chi connectivity index (χ1) is 10.0. The SMILES string of the molecule is Cc1nc(C2CC2)[nH]c(=O)c1C(=O)NC1(CO)CCCC1. The van der Waals surface area contributed by atoms with Crippen LogP contribution in [0.3, 0.4) is 0 Å². The van der Waals surface area contributed by atoms with Crippen molar-refractivity contribution in [2.24, 2.45) is 0 Å². The molecule has 1 heterocycles. The van der Waals surface area contributed by atoms with Crippen LogP contribution < -0.4 is 10.9 Å². The molecule has 0 aliphatic heterocycles. The standard InChI is InChI=1S/C15H21N3O3/c1-9-11(13(20)17-12(16-9)10-4-5-10)14(21)18-15(8-19)6-2-3-7-15/h10,19H,2-8H2,1H3,(H,18,21)(H,16,17,20). The zero-order chi connectivity index (χ0) is 15.0. The molecule has 3 N–H and O–H groups in total. The first-order valence-electron chi connectivity index (χ1n) is 7.59. The molecule has 6 nitrogen and oxygen atoms in total. The van der Waals surface area contributed by atoms with Gasteiger partial charge in [0, 0.05) is 5.92 Å². The molecule has 0 unspecified atom stereocenters. The van der Waals surface area contributed by atoms with Crippen LogP contribution in [0.1, 0.15) is 66.3 Å². The number of amides is 1. The van der Waals surface area contributed by atoms with Crippen LogP contribution in [0.15, 0.2) is 4.79 Å². The maximum Gasteiger partial charge on any atom is 0.264 e. The van der Waals surface area contributed by atoms with Crippen LogP contribution in [-0.2, 0) is 0 Å². The van der Waals surface area contributed by atoms with Crippen LogP contribution in [-0.4, -0.2) is 33.1 Å². The number of hydrogen-bond donors (Lipinski definition) is 3. The number of rotatable bonds is 4. The zero-order valence-corrected chi connectivity index (χ0v) is 12.2. The zero-order valence-electron chi connectivity index (χ0n) is 12.2. The molecule has 21 heavy (non-hydrogen) atoms. The molecule has 1 aromatic rings. The Morgan fingerprint density at radius 1 is 1.43 bits per heavy atom. The lowest BCUT2D eigenvalue weighted by atomic mass is 9.98. The summed E-state index contributed by atoms with van der Waals surface area (Å²) in [6.45, 7) is 1.60. The highest BCUT2D eigenvalue weighted by Gasteiger charge is 2.36. The van der Waals surface area contributed by atoms with Gasteiger partial charge in [0.05, 0.1) is 17.8 Å². The quantitative estimate of drug-likeness (QED) is 0.771. The Morgan fingerprint density at radius 3 is 2.62 bits per heavy atom. The fraction of sp³-hybridized carbons (Fsp3) is 0.667. The topological polar surface area (TPSA) is 95.1 Å². The molecule has 2 aliphatic carbocycles. The largest absolute Gasteiger partial charge is 0.394 e. The third-order valence-electron chi connectivity index (χ3n) is 4.55. The van der Waals surface area contributed by atoms with Crippen LogP contribution in [0.25, 0.3) is 0 Å². The Balaban J connectivity index is 1.86. The fourth-order valence-electron chi connectivity index (χ4n) is 3.10. The molecule has 2 aliphatic rings. The van der Waals surface area contributed by atoms with Gasteiger partial charge in [-0.05, 0) is 32.6 Å². The predicted octanol–water partition coefficient (Wildman–Crippen LogP) is 0.991. The summed E-state index contributed by atoms with van der Waals surface area (Å²) in [6, 6.07) is 0. The number of aliphatic hydroxyl groups excluding tert-OH is 1. The number of aromatic amines is 1. The summed E-state index contributed by atoms with van der Waals surface area (Å²) in [5, 5.41) is 12.4. The molecule has 0 spiro atoms. The molecule has 1 aromatic heterocycles. The second-order valence-electron chi connectivity index (χ2n) is 6.29. The fourth-order valence-corrected chi connectivity index (χ4v) is 3.10. The highest BCUT2D eigenvalue weighted by atomic mass is 16.3. The molecule has 2 fully saturated rings. The Morgan fingerprint density at radius 2 is 2.10 bits per heavy atom. The number of nitrogens with one attached hydrogen (secondary N) is 2. The first kappa shape index (κ1) is 14.3. The van der Waals surface area contributed by atoms with Crippen molar-refractivity contribution in [3.05, 3.63) is 27.4 Å². The van der Waals surface area contributed by atoms with E-state index in [9.17, 15) is 14.7 Å². The Kier molecular flexibility index (Phi) is 3.57. The second kappa shape index (κ2) is 5.26. The average Bonchev–Trinajstić information content (AvgIpc) is 3.19. The molecule has 3 rings (SSSR count). The summed E-state index contributed by atoms with van der Waals surface area (Å²) in [5.74, 6) is 0.596. The van der Waals surface area contributed by atoms with E-state index in [0.717, 1.165) is 38.5 Å². The highest BCUT2D eigenvalue weighted by Crippen LogP contribution is 2.37. The van der Waals surface area contributed by atoms with E-state index in [0.29, 0.717) is 17.4 Å². The first-order valence-corrected chi connectivity index (χ1v) is 7.59. The van der Waals surface area contributed by atoms with E-state index < -0.39 is 11.4 Å². The molecule has 2 saturated carbocycles. The van der Waals surface area contributed by atoms with Crippen molar-refractivity contribution in [2.45, 2.75) is 56.9 Å². The van der Waals surface area contributed by atoms with Gasteiger partial charge in [-0.2, -0.15) is 0 Å². The van der Waals surface area contributed by atoms with Gasteiger partial charge in [-0.3, -0.25) is 9.59 Å². The summed E-state index contributed by atoms with van der Waals surface area (Å²) in [4.78, 5) is 31.7. The number of aromatic nitrogens is 2. The van der Waals surface area contributed by atoms with Crippen LogP contribution in [0.4, 0.5) is 0 Å². The Hall–Kier alpha value is -1.69. The van der Waals surface area contributed by atoms with Gasteiger partial charge >= 0.3 is 0 Å². The van der Waals surface area contributed by atoms with Gasteiger partial charge in [-0.15, -0.1) is 0 Å². The van der Waals surface area contributed by atoms with E-state index in [4.69, 9.17) is 0 Å². The molecule has 0 aromatic carbocycles. The van der Waals surface area contributed by atoms with Gasteiger partial charge in [-0.1, -0.05) is 12.8 Å². The van der Waals surface area contributed by atoms with Crippen LogP contribution in [0, 0.1) is 6.92 Å². The number of H-pyrrole nitrogens is 1. The van der Waals surface area contributed by atoms with Crippen molar-refractivity contribution < 1.29 is 9.90 Å². The van der Waals surface area contributed by atoms with Crippen molar-refractivity contribution in [1.82, 2.24) is 15.3 Å². The van der Waals surface area contributed by atoms with E-state index in [1.54, 1.807) is 6.92 Å². The van der Waals surface area contributed by atoms with Crippen LogP contribution in [0.5, 0.6) is 0 Å². The summed E-state index contributed by atoms with van der Waals surface area (Å²) in [5.41, 5.74) is -0.429. The second-order valence-corrected chi connectivity index (χ2v) is 6.29. The number of nitrogens with zero attached hydrogens (tertiary/aromatic N) is 1. The van der Waals surface area contributed by atoms with Crippen LogP contribution in [0.2, 0.25) is 0 Å². The van der Waals surface area contributed by atoms with E-state index in [-0.39, 0.29) is 17.7 Å². The van der Waals surface area contributed by atoms with Gasteiger partial charge in [0.2, 0.25) is 0 Å². The molecule has 114 valence electrons. The summed E-state index contributed by atoms with van der Waals surface area (Å²) < 4.78 is 0. The average molecular weight is 291 g/mol. The summed E-state index contributed by atoms with van der Waals surface area (Å²) in [6.07, 6.45) is 5.55. The normalized spacial score (nSPS) is 20.5. The molecule has 6 heteroatoms. The summed E-state index contributed by atoms with van der Waals surface area (Å²) >= 11 is 0. The molecule has 0 bridgehead atoms. The smallest absolute Gasteiger partial charge is 0.264 e. The number of aliphatic hydroxyl groups is 1. The van der Waals surface area contributed by atoms with Gasteiger partial charge in [-0.25, -0.2) is 4.98 Å². The Labute approximate surface area is 123 Å². The van der Waals surface area contributed by atoms with Gasteiger partial charge < -0.3 is 15.4 Å².